The van der Waals surface area contributed by atoms with Crippen molar-refractivity contribution in [3.63, 3.8) is 0 Å². The Morgan fingerprint density at radius 1 is 0.600 bits per heavy atom. The van der Waals surface area contributed by atoms with Gasteiger partial charge in [-0.1, -0.05) is 24.3 Å². The van der Waals surface area contributed by atoms with E-state index in [1.165, 1.54) is 52.0 Å². The zero-order chi connectivity index (χ0) is 29.9. The smallest absolute Gasteiger partial charge is 0.329 e. The Bertz CT molecular complexity index is 1240. The van der Waals surface area contributed by atoms with E-state index in [0.29, 0.717) is 0 Å². The van der Waals surface area contributed by atoms with Crippen molar-refractivity contribution >= 4 is 23.9 Å². The van der Waals surface area contributed by atoms with E-state index in [1.54, 1.807) is 24.3 Å². The summed E-state index contributed by atoms with van der Waals surface area (Å²) >= 11 is 0. The molecule has 0 heterocycles. The summed E-state index contributed by atoms with van der Waals surface area (Å²) in [6, 6.07) is 12.9. The maximum absolute atomic E-state index is 13.1. The number of nitriles is 4. The lowest BCUT2D eigenvalue weighted by atomic mass is 9.95. The van der Waals surface area contributed by atoms with Gasteiger partial charge in [-0.15, -0.1) is 0 Å². The van der Waals surface area contributed by atoms with Crippen molar-refractivity contribution < 1.29 is 38.1 Å². The third kappa shape index (κ3) is 3.46. The monoisotopic (exact) mass is 546 g/mol. The van der Waals surface area contributed by atoms with Crippen LogP contribution >= 0.6 is 0 Å². The fourth-order valence-electron chi connectivity index (χ4n) is 5.76. The summed E-state index contributed by atoms with van der Waals surface area (Å²) < 4.78 is 20.3. The van der Waals surface area contributed by atoms with Crippen molar-refractivity contribution in [2.45, 2.75) is 39.5 Å². The van der Waals surface area contributed by atoms with Crippen LogP contribution in [0.4, 0.5) is 0 Å². The molecule has 2 saturated carbocycles. The summed E-state index contributed by atoms with van der Waals surface area (Å²) in [6.07, 6.45) is 0. The van der Waals surface area contributed by atoms with Crippen LogP contribution in [0.3, 0.4) is 0 Å². The molecule has 2 aliphatic rings. The summed E-state index contributed by atoms with van der Waals surface area (Å²) in [7, 11) is 0. The number of carbonyl (C=O) groups excluding carboxylic acids is 4. The van der Waals surface area contributed by atoms with Crippen LogP contribution < -0.4 is 0 Å². The minimum Gasteiger partial charge on any atom is -0.465 e. The van der Waals surface area contributed by atoms with Gasteiger partial charge in [-0.25, -0.2) is 0 Å². The lowest BCUT2D eigenvalue weighted by molar-refractivity contribution is -0.155. The summed E-state index contributed by atoms with van der Waals surface area (Å²) in [5.41, 5.74) is -8.78. The first kappa shape index (κ1) is 29.6. The van der Waals surface area contributed by atoms with Crippen molar-refractivity contribution in [2.75, 3.05) is 26.4 Å². The van der Waals surface area contributed by atoms with Crippen molar-refractivity contribution in [2.24, 2.45) is 21.7 Å². The van der Waals surface area contributed by atoms with Crippen LogP contribution in [0.2, 0.25) is 0 Å². The van der Waals surface area contributed by atoms with Gasteiger partial charge in [0.05, 0.1) is 50.7 Å². The largest absolute Gasteiger partial charge is 0.465 e. The lowest BCUT2D eigenvalue weighted by Gasteiger charge is -2.11. The van der Waals surface area contributed by atoms with Gasteiger partial charge in [0.1, 0.15) is 0 Å². The molecule has 0 amide bonds. The van der Waals surface area contributed by atoms with Gasteiger partial charge in [-0.2, -0.15) is 21.0 Å². The predicted octanol–water partition coefficient (Wildman–Crippen LogP) is 2.17. The van der Waals surface area contributed by atoms with Crippen LogP contribution in [-0.2, 0) is 38.1 Å². The first-order valence-corrected chi connectivity index (χ1v) is 12.6. The van der Waals surface area contributed by atoms with Gasteiger partial charge in [0.2, 0.25) is 0 Å². The van der Waals surface area contributed by atoms with Crippen molar-refractivity contribution in [1.29, 1.82) is 21.0 Å². The molecule has 0 spiro atoms. The van der Waals surface area contributed by atoms with Crippen LogP contribution in [0, 0.1) is 67.0 Å². The predicted molar refractivity (Wildman–Crippen MR) is 131 cm³/mol. The highest BCUT2D eigenvalue weighted by molar-refractivity contribution is 6.04. The quantitative estimate of drug-likeness (QED) is 0.306. The standard InChI is InChI=1S/C28H26N4O8/c1-5-37-21(33)25(13-29)19(26(25,14-30)22(34)38-6-2)17-10-9-11-18(12-17)20-27(15-31,23(35)39-7-3)28(20,16-32)24(36)40-8-4/h9-12,19-20H,5-8H2,1-4H3. The molecule has 1 aromatic rings. The molecule has 12 heteroatoms. The van der Waals surface area contributed by atoms with E-state index >= 15 is 0 Å². The maximum Gasteiger partial charge on any atom is 0.329 e. The van der Waals surface area contributed by atoms with E-state index < -0.39 is 57.4 Å². The molecular formula is C28H26N4O8. The van der Waals surface area contributed by atoms with Crippen molar-refractivity contribution in [3.8, 4) is 24.3 Å². The van der Waals surface area contributed by atoms with Crippen molar-refractivity contribution in [1.82, 2.24) is 0 Å². The van der Waals surface area contributed by atoms with Gasteiger partial charge in [0.25, 0.3) is 0 Å². The maximum atomic E-state index is 13.1. The molecule has 4 atom stereocenters. The number of hydrogen-bond acceptors (Lipinski definition) is 12. The molecule has 40 heavy (non-hydrogen) atoms. The Hall–Kier alpha value is -4.94. The van der Waals surface area contributed by atoms with Gasteiger partial charge >= 0.3 is 23.9 Å². The van der Waals surface area contributed by atoms with E-state index in [2.05, 4.69) is 0 Å². The van der Waals surface area contributed by atoms with Crippen LogP contribution in [-0.4, -0.2) is 50.3 Å². The van der Waals surface area contributed by atoms with Gasteiger partial charge < -0.3 is 18.9 Å². The molecule has 2 fully saturated rings. The van der Waals surface area contributed by atoms with Gasteiger partial charge in [-0.05, 0) is 38.8 Å². The van der Waals surface area contributed by atoms with Crippen LogP contribution in [0.1, 0.15) is 50.7 Å². The zero-order valence-corrected chi connectivity index (χ0v) is 22.3. The van der Waals surface area contributed by atoms with Crippen LogP contribution in [0.15, 0.2) is 24.3 Å². The first-order valence-electron chi connectivity index (χ1n) is 12.6. The van der Waals surface area contributed by atoms with Crippen LogP contribution in [0.25, 0.3) is 0 Å². The van der Waals surface area contributed by atoms with E-state index in [9.17, 15) is 40.2 Å². The van der Waals surface area contributed by atoms with E-state index in [4.69, 9.17) is 18.9 Å². The molecule has 1 aromatic carbocycles. The number of carbonyl (C=O) groups is 4. The molecule has 3 rings (SSSR count). The van der Waals surface area contributed by atoms with E-state index in [0.717, 1.165) is 0 Å². The topological polar surface area (TPSA) is 200 Å². The Kier molecular flexibility index (Phi) is 7.90. The number of hydrogen-bond donors (Lipinski definition) is 0. The average molecular weight is 547 g/mol. The normalized spacial score (nSPS) is 31.1. The number of ether oxygens (including phenoxy) is 4. The van der Waals surface area contributed by atoms with E-state index in [-0.39, 0.29) is 37.6 Å². The Balaban J connectivity index is 2.25. The molecular weight excluding hydrogens is 520 g/mol. The highest BCUT2D eigenvalue weighted by atomic mass is 16.6. The summed E-state index contributed by atoms with van der Waals surface area (Å²) in [5.74, 6) is -7.08. The highest BCUT2D eigenvalue weighted by Crippen LogP contribution is 2.77. The molecule has 206 valence electrons. The Labute approximate surface area is 230 Å². The van der Waals surface area contributed by atoms with Gasteiger partial charge in [-0.3, -0.25) is 19.2 Å². The number of benzene rings is 1. The minimum atomic E-state index is -2.26. The molecule has 0 saturated heterocycles. The molecule has 4 unspecified atom stereocenters. The van der Waals surface area contributed by atoms with Crippen molar-refractivity contribution in [3.05, 3.63) is 35.4 Å². The SMILES string of the molecule is CCOC(=O)C1(C#N)C(c2cccc(C3C(C#N)(C(=O)OCC)C3(C#N)C(=O)OCC)c2)C1(C#N)C(=O)OCC. The summed E-state index contributed by atoms with van der Waals surface area (Å²) in [4.78, 5) is 52.3. The second-order valence-corrected chi connectivity index (χ2v) is 9.10. The number of nitrogens with zero attached hydrogens (tertiary/aromatic N) is 4. The fourth-order valence-corrected chi connectivity index (χ4v) is 5.76. The third-order valence-electron chi connectivity index (χ3n) is 7.48. The summed E-state index contributed by atoms with van der Waals surface area (Å²) in [5, 5.41) is 40.6. The molecule has 0 bridgehead atoms. The first-order chi connectivity index (χ1) is 19.1. The Morgan fingerprint density at radius 3 is 1.05 bits per heavy atom. The third-order valence-corrected chi connectivity index (χ3v) is 7.48. The molecule has 0 aromatic heterocycles. The second kappa shape index (κ2) is 10.7. The summed E-state index contributed by atoms with van der Waals surface area (Å²) in [6.45, 7) is 5.48. The van der Waals surface area contributed by atoms with Crippen LogP contribution in [0.5, 0.6) is 0 Å². The number of rotatable bonds is 10. The molecule has 0 N–H and O–H groups in total. The molecule has 12 nitrogen and oxygen atoms in total. The highest BCUT2D eigenvalue weighted by Gasteiger charge is 2.90. The minimum absolute atomic E-state index is 0.125. The molecule has 0 radical (unpaired) electrons. The molecule has 0 aliphatic heterocycles. The van der Waals surface area contributed by atoms with Gasteiger partial charge in [0, 0.05) is 11.8 Å². The average Bonchev–Trinajstić information content (AvgIpc) is 3.80. The van der Waals surface area contributed by atoms with E-state index in [1.807, 2.05) is 0 Å². The molecule has 2 aliphatic carbocycles. The fraction of sp³-hybridized carbons (Fsp3) is 0.500. The Morgan fingerprint density at radius 2 is 0.850 bits per heavy atom. The second-order valence-electron chi connectivity index (χ2n) is 9.10. The zero-order valence-electron chi connectivity index (χ0n) is 22.3. The number of esters is 4. The lowest BCUT2D eigenvalue weighted by Crippen LogP contribution is -2.30. The van der Waals surface area contributed by atoms with Gasteiger partial charge in [0.15, 0.2) is 21.7 Å².